The molecule has 2 unspecified atom stereocenters. The molecule has 0 aromatic rings. The maximum absolute atomic E-state index is 6.16. The summed E-state index contributed by atoms with van der Waals surface area (Å²) in [6.45, 7) is 2.35. The number of hydrogen-bond acceptors (Lipinski definition) is 2. The van der Waals surface area contributed by atoms with Gasteiger partial charge in [-0.2, -0.15) is 0 Å². The molecule has 3 aliphatic rings. The van der Waals surface area contributed by atoms with E-state index in [1.54, 1.807) is 5.57 Å². The second-order valence-electron chi connectivity index (χ2n) is 5.00. The van der Waals surface area contributed by atoms with Crippen molar-refractivity contribution in [1.29, 1.82) is 0 Å². The number of rotatable bonds is 0. The average molecular weight is 202 g/mol. The highest BCUT2D eigenvalue weighted by Crippen LogP contribution is 2.46. The molecule has 0 saturated heterocycles. The summed E-state index contributed by atoms with van der Waals surface area (Å²) >= 11 is 0. The number of nitrogens with zero attached hydrogens (tertiary/aromatic N) is 1. The Labute approximate surface area is 91.1 Å². The van der Waals surface area contributed by atoms with Gasteiger partial charge in [-0.15, -0.1) is 0 Å². The lowest BCUT2D eigenvalue weighted by Crippen LogP contribution is -2.28. The molecule has 2 aliphatic carbocycles. The van der Waals surface area contributed by atoms with Crippen molar-refractivity contribution >= 4 is 0 Å². The van der Waals surface area contributed by atoms with Gasteiger partial charge in [-0.25, -0.2) is 5.84 Å². The van der Waals surface area contributed by atoms with Gasteiger partial charge in [-0.3, -0.25) is 5.01 Å². The number of fused-ring (bicyclic) bond motifs is 2. The van der Waals surface area contributed by atoms with E-state index in [1.807, 2.05) is 5.01 Å². The SMILES string of the molecule is CC1CCC2=C(C1)C1CC=CC=C1N2N. The standard InChI is InChI=1S/C13H18N2/c1-9-6-7-13-11(8-9)10-4-2-3-5-12(10)15(13)14/h2-3,5,9-10H,4,6-8,14H2,1H3. The Balaban J connectivity index is 2.00. The highest BCUT2D eigenvalue weighted by molar-refractivity contribution is 5.40. The normalized spacial score (nSPS) is 34.0. The van der Waals surface area contributed by atoms with Crippen molar-refractivity contribution in [3.63, 3.8) is 0 Å². The van der Waals surface area contributed by atoms with Crippen LogP contribution in [0.1, 0.15) is 32.6 Å². The highest BCUT2D eigenvalue weighted by atomic mass is 15.4. The number of hydrazine groups is 1. The lowest BCUT2D eigenvalue weighted by molar-refractivity contribution is 0.403. The van der Waals surface area contributed by atoms with E-state index in [9.17, 15) is 0 Å². The molecule has 0 bridgehead atoms. The van der Waals surface area contributed by atoms with Crippen LogP contribution in [0.15, 0.2) is 35.2 Å². The van der Waals surface area contributed by atoms with Crippen LogP contribution in [0.5, 0.6) is 0 Å². The average Bonchev–Trinajstić information content (AvgIpc) is 2.54. The maximum atomic E-state index is 6.16. The van der Waals surface area contributed by atoms with Gasteiger partial charge >= 0.3 is 0 Å². The van der Waals surface area contributed by atoms with Crippen LogP contribution in [0.4, 0.5) is 0 Å². The first-order valence-electron chi connectivity index (χ1n) is 5.91. The Hall–Kier alpha value is -1.02. The number of nitrogens with two attached hydrogens (primary N) is 1. The summed E-state index contributed by atoms with van der Waals surface area (Å²) in [4.78, 5) is 0. The van der Waals surface area contributed by atoms with Gasteiger partial charge in [0.2, 0.25) is 0 Å². The smallest absolute Gasteiger partial charge is 0.0420 e. The van der Waals surface area contributed by atoms with Crippen LogP contribution >= 0.6 is 0 Å². The van der Waals surface area contributed by atoms with Crippen LogP contribution in [-0.4, -0.2) is 5.01 Å². The van der Waals surface area contributed by atoms with E-state index in [1.165, 1.54) is 30.7 Å². The zero-order chi connectivity index (χ0) is 10.4. The van der Waals surface area contributed by atoms with Crippen molar-refractivity contribution in [2.75, 3.05) is 0 Å². The van der Waals surface area contributed by atoms with E-state index in [4.69, 9.17) is 5.84 Å². The van der Waals surface area contributed by atoms with Gasteiger partial charge in [0.1, 0.15) is 0 Å². The summed E-state index contributed by atoms with van der Waals surface area (Å²) in [5.41, 5.74) is 4.34. The minimum absolute atomic E-state index is 0.595. The Morgan fingerprint density at radius 2 is 2.33 bits per heavy atom. The molecule has 2 nitrogen and oxygen atoms in total. The summed E-state index contributed by atoms with van der Waals surface area (Å²) in [7, 11) is 0. The fraction of sp³-hybridized carbons (Fsp3) is 0.538. The van der Waals surface area contributed by atoms with Crippen molar-refractivity contribution in [3.05, 3.63) is 35.2 Å². The van der Waals surface area contributed by atoms with Crippen LogP contribution < -0.4 is 5.84 Å². The van der Waals surface area contributed by atoms with Crippen molar-refractivity contribution in [2.24, 2.45) is 17.7 Å². The minimum Gasteiger partial charge on any atom is -0.287 e. The van der Waals surface area contributed by atoms with Gasteiger partial charge in [0.25, 0.3) is 0 Å². The van der Waals surface area contributed by atoms with Gasteiger partial charge in [-0.05, 0) is 43.3 Å². The molecule has 0 aromatic carbocycles. The van der Waals surface area contributed by atoms with E-state index >= 15 is 0 Å². The molecular weight excluding hydrogens is 184 g/mol. The molecular formula is C13H18N2. The van der Waals surface area contributed by atoms with Gasteiger partial charge in [0, 0.05) is 17.3 Å². The molecule has 15 heavy (non-hydrogen) atoms. The van der Waals surface area contributed by atoms with Gasteiger partial charge < -0.3 is 0 Å². The van der Waals surface area contributed by atoms with Crippen LogP contribution in [-0.2, 0) is 0 Å². The first kappa shape index (κ1) is 9.22. The summed E-state index contributed by atoms with van der Waals surface area (Å²) < 4.78 is 0. The first-order chi connectivity index (χ1) is 7.27. The van der Waals surface area contributed by atoms with Crippen molar-refractivity contribution < 1.29 is 0 Å². The summed E-state index contributed by atoms with van der Waals surface area (Å²) in [5, 5.41) is 1.95. The van der Waals surface area contributed by atoms with E-state index < -0.39 is 0 Å². The first-order valence-corrected chi connectivity index (χ1v) is 5.91. The predicted molar refractivity (Wildman–Crippen MR) is 61.4 cm³/mol. The van der Waals surface area contributed by atoms with Crippen molar-refractivity contribution in [2.45, 2.75) is 32.6 Å². The quantitative estimate of drug-likeness (QED) is 0.612. The Morgan fingerprint density at radius 3 is 3.20 bits per heavy atom. The molecule has 0 radical (unpaired) electrons. The predicted octanol–water partition coefficient (Wildman–Crippen LogP) is 2.71. The van der Waals surface area contributed by atoms with E-state index in [-0.39, 0.29) is 0 Å². The Bertz CT molecular complexity index is 376. The lowest BCUT2D eigenvalue weighted by atomic mass is 9.81. The molecule has 1 heterocycles. The number of hydrogen-bond donors (Lipinski definition) is 1. The molecule has 2 N–H and O–H groups in total. The van der Waals surface area contributed by atoms with E-state index in [0.29, 0.717) is 5.92 Å². The molecule has 3 rings (SSSR count). The van der Waals surface area contributed by atoms with Crippen molar-refractivity contribution in [1.82, 2.24) is 5.01 Å². The molecule has 0 amide bonds. The van der Waals surface area contributed by atoms with Crippen LogP contribution in [0.3, 0.4) is 0 Å². The Kier molecular flexibility index (Phi) is 1.99. The van der Waals surface area contributed by atoms with Crippen LogP contribution in [0.2, 0.25) is 0 Å². The monoisotopic (exact) mass is 202 g/mol. The summed E-state index contributed by atoms with van der Waals surface area (Å²) in [5.74, 6) is 7.59. The van der Waals surface area contributed by atoms with Gasteiger partial charge in [0.15, 0.2) is 0 Å². The minimum atomic E-state index is 0.595. The van der Waals surface area contributed by atoms with Crippen LogP contribution in [0.25, 0.3) is 0 Å². The van der Waals surface area contributed by atoms with Crippen LogP contribution in [0, 0.1) is 11.8 Å². The zero-order valence-electron chi connectivity index (χ0n) is 9.24. The second kappa shape index (κ2) is 3.24. The molecule has 2 heteroatoms. The third-order valence-electron chi connectivity index (χ3n) is 3.93. The lowest BCUT2D eigenvalue weighted by Gasteiger charge is -2.23. The second-order valence-corrected chi connectivity index (χ2v) is 5.00. The Morgan fingerprint density at radius 1 is 1.47 bits per heavy atom. The topological polar surface area (TPSA) is 29.3 Å². The molecule has 2 atom stereocenters. The maximum Gasteiger partial charge on any atom is 0.0420 e. The fourth-order valence-corrected chi connectivity index (χ4v) is 3.10. The van der Waals surface area contributed by atoms with Gasteiger partial charge in [0.05, 0.1) is 0 Å². The van der Waals surface area contributed by atoms with E-state index in [2.05, 4.69) is 25.2 Å². The summed E-state index contributed by atoms with van der Waals surface area (Å²) in [6.07, 6.45) is 11.4. The molecule has 0 spiro atoms. The molecule has 1 aliphatic heterocycles. The number of allylic oxidation sites excluding steroid dienone is 5. The molecule has 0 saturated carbocycles. The zero-order valence-corrected chi connectivity index (χ0v) is 9.24. The van der Waals surface area contributed by atoms with Crippen molar-refractivity contribution in [3.8, 4) is 0 Å². The fourth-order valence-electron chi connectivity index (χ4n) is 3.10. The van der Waals surface area contributed by atoms with Gasteiger partial charge in [-0.1, -0.05) is 19.1 Å². The summed E-state index contributed by atoms with van der Waals surface area (Å²) in [6, 6.07) is 0. The molecule has 0 aromatic heterocycles. The van der Waals surface area contributed by atoms with E-state index in [0.717, 1.165) is 12.3 Å². The molecule has 80 valence electrons. The highest BCUT2D eigenvalue weighted by Gasteiger charge is 2.36. The largest absolute Gasteiger partial charge is 0.287 e. The third-order valence-corrected chi connectivity index (χ3v) is 3.93. The molecule has 0 fully saturated rings. The third kappa shape index (κ3) is 1.28.